The van der Waals surface area contributed by atoms with Crippen molar-refractivity contribution >= 4 is 11.8 Å². The Hall–Kier alpha value is -3.55. The summed E-state index contributed by atoms with van der Waals surface area (Å²) in [6, 6.07) is 8.99. The van der Waals surface area contributed by atoms with Crippen molar-refractivity contribution < 1.29 is 9.59 Å². The molecule has 0 spiro atoms. The van der Waals surface area contributed by atoms with Gasteiger partial charge in [0.2, 0.25) is 0 Å². The molecular weight excluding hydrogens is 404 g/mol. The first kappa shape index (κ1) is 21.7. The molecule has 0 aliphatic carbocycles. The molecule has 1 atom stereocenters. The average Bonchev–Trinajstić information content (AvgIpc) is 3.17. The molecule has 0 unspecified atom stereocenters. The third-order valence-electron chi connectivity index (χ3n) is 6.22. The summed E-state index contributed by atoms with van der Waals surface area (Å²) in [4.78, 5) is 35.8. The fourth-order valence-electron chi connectivity index (χ4n) is 4.11. The van der Waals surface area contributed by atoms with Crippen molar-refractivity contribution in [2.24, 2.45) is 7.05 Å². The molecule has 0 aromatic carbocycles. The highest BCUT2D eigenvalue weighted by Crippen LogP contribution is 2.27. The van der Waals surface area contributed by atoms with Gasteiger partial charge in [-0.1, -0.05) is 6.07 Å². The zero-order valence-corrected chi connectivity index (χ0v) is 18.7. The van der Waals surface area contributed by atoms with E-state index >= 15 is 0 Å². The van der Waals surface area contributed by atoms with Crippen LogP contribution in [0.2, 0.25) is 0 Å². The van der Waals surface area contributed by atoms with Crippen molar-refractivity contribution in [3.8, 4) is 0 Å². The van der Waals surface area contributed by atoms with E-state index in [4.69, 9.17) is 0 Å². The zero-order valence-electron chi connectivity index (χ0n) is 18.7. The predicted molar refractivity (Wildman–Crippen MR) is 120 cm³/mol. The largest absolute Gasteiger partial charge is 0.345 e. The van der Waals surface area contributed by atoms with Gasteiger partial charge in [0.25, 0.3) is 11.8 Å². The van der Waals surface area contributed by atoms with E-state index in [2.05, 4.69) is 20.4 Å². The minimum atomic E-state index is -0.157. The number of hydrogen-bond donors (Lipinski definition) is 1. The SMILES string of the molecule is Cc1c([C@@H](C)NC(=O)c2ccc(C3CCN(C(=O)c4ccccn4)CC3)nc2)cnn1C. The summed E-state index contributed by atoms with van der Waals surface area (Å²) >= 11 is 0. The Morgan fingerprint density at radius 2 is 1.88 bits per heavy atom. The molecule has 32 heavy (non-hydrogen) atoms. The lowest BCUT2D eigenvalue weighted by molar-refractivity contribution is 0.0705. The van der Waals surface area contributed by atoms with Crippen LogP contribution in [-0.2, 0) is 7.05 Å². The maximum atomic E-state index is 12.7. The first-order valence-electron chi connectivity index (χ1n) is 10.9. The highest BCUT2D eigenvalue weighted by atomic mass is 16.2. The molecule has 3 aromatic rings. The van der Waals surface area contributed by atoms with E-state index in [1.807, 2.05) is 44.0 Å². The summed E-state index contributed by atoms with van der Waals surface area (Å²) in [6.07, 6.45) is 6.74. The van der Waals surface area contributed by atoms with Crippen LogP contribution in [0.25, 0.3) is 0 Å². The molecule has 4 rings (SSSR count). The van der Waals surface area contributed by atoms with Crippen molar-refractivity contribution in [3.05, 3.63) is 77.1 Å². The molecule has 8 nitrogen and oxygen atoms in total. The number of likely N-dealkylation sites (tertiary alicyclic amines) is 1. The van der Waals surface area contributed by atoms with Gasteiger partial charge >= 0.3 is 0 Å². The lowest BCUT2D eigenvalue weighted by atomic mass is 9.92. The zero-order chi connectivity index (χ0) is 22.7. The Kier molecular flexibility index (Phi) is 6.30. The highest BCUT2D eigenvalue weighted by molar-refractivity contribution is 5.94. The maximum absolute atomic E-state index is 12.7. The van der Waals surface area contributed by atoms with Gasteiger partial charge in [-0.25, -0.2) is 0 Å². The fraction of sp³-hybridized carbons (Fsp3) is 0.375. The summed E-state index contributed by atoms with van der Waals surface area (Å²) in [5, 5.41) is 7.26. The predicted octanol–water partition coefficient (Wildman–Crippen LogP) is 3.03. The Morgan fingerprint density at radius 1 is 1.09 bits per heavy atom. The Bertz CT molecular complexity index is 1090. The van der Waals surface area contributed by atoms with E-state index < -0.39 is 0 Å². The molecule has 8 heteroatoms. The molecule has 2 amide bonds. The molecule has 1 aliphatic heterocycles. The summed E-state index contributed by atoms with van der Waals surface area (Å²) in [5.41, 5.74) is 4.00. The number of rotatable bonds is 5. The molecule has 4 heterocycles. The van der Waals surface area contributed by atoms with Gasteiger partial charge in [-0.05, 0) is 51.0 Å². The van der Waals surface area contributed by atoms with Gasteiger partial charge < -0.3 is 10.2 Å². The minimum absolute atomic E-state index is 0.0259. The smallest absolute Gasteiger partial charge is 0.272 e. The van der Waals surface area contributed by atoms with E-state index in [0.29, 0.717) is 24.3 Å². The van der Waals surface area contributed by atoms with E-state index in [-0.39, 0.29) is 23.8 Å². The molecule has 0 bridgehead atoms. The molecule has 1 aliphatic rings. The van der Waals surface area contributed by atoms with E-state index in [0.717, 1.165) is 29.8 Å². The van der Waals surface area contributed by atoms with Crippen molar-refractivity contribution in [1.82, 2.24) is 30.0 Å². The molecule has 1 N–H and O–H groups in total. The first-order chi connectivity index (χ1) is 15.4. The van der Waals surface area contributed by atoms with Crippen molar-refractivity contribution in [2.45, 2.75) is 38.6 Å². The summed E-state index contributed by atoms with van der Waals surface area (Å²) in [5.74, 6) is 0.0921. The minimum Gasteiger partial charge on any atom is -0.345 e. The Balaban J connectivity index is 1.33. The quantitative estimate of drug-likeness (QED) is 0.669. The van der Waals surface area contributed by atoms with E-state index in [9.17, 15) is 9.59 Å². The highest BCUT2D eigenvalue weighted by Gasteiger charge is 2.26. The lowest BCUT2D eigenvalue weighted by Gasteiger charge is -2.31. The number of carbonyl (C=O) groups is 2. The average molecular weight is 433 g/mol. The second-order valence-corrected chi connectivity index (χ2v) is 8.26. The van der Waals surface area contributed by atoms with Crippen LogP contribution in [0.15, 0.2) is 48.9 Å². The number of nitrogens with one attached hydrogen (secondary N) is 1. The number of hydrogen-bond acceptors (Lipinski definition) is 5. The van der Waals surface area contributed by atoms with Gasteiger partial charge in [-0.2, -0.15) is 5.10 Å². The molecule has 3 aromatic heterocycles. The molecule has 1 fully saturated rings. The first-order valence-corrected chi connectivity index (χ1v) is 10.9. The molecule has 0 saturated carbocycles. The molecule has 166 valence electrons. The number of pyridine rings is 2. The number of piperidine rings is 1. The van der Waals surface area contributed by atoms with E-state index in [1.165, 1.54) is 0 Å². The number of amides is 2. The number of carbonyl (C=O) groups excluding carboxylic acids is 2. The third-order valence-corrected chi connectivity index (χ3v) is 6.22. The maximum Gasteiger partial charge on any atom is 0.272 e. The Morgan fingerprint density at radius 3 is 2.47 bits per heavy atom. The van der Waals surface area contributed by atoms with Gasteiger partial charge in [0.05, 0.1) is 17.8 Å². The van der Waals surface area contributed by atoms with Crippen LogP contribution in [-0.4, -0.2) is 49.6 Å². The summed E-state index contributed by atoms with van der Waals surface area (Å²) in [6.45, 7) is 5.28. The Labute approximate surface area is 187 Å². The van der Waals surface area contributed by atoms with Crippen molar-refractivity contribution in [2.75, 3.05) is 13.1 Å². The van der Waals surface area contributed by atoms with Gasteiger partial charge in [-0.3, -0.25) is 24.2 Å². The molecular formula is C24H28N6O2. The van der Waals surface area contributed by atoms with Crippen LogP contribution >= 0.6 is 0 Å². The van der Waals surface area contributed by atoms with Crippen LogP contribution in [0.4, 0.5) is 0 Å². The summed E-state index contributed by atoms with van der Waals surface area (Å²) in [7, 11) is 1.88. The van der Waals surface area contributed by atoms with Gasteiger partial charge in [0.1, 0.15) is 5.69 Å². The van der Waals surface area contributed by atoms with Gasteiger partial charge in [0.15, 0.2) is 0 Å². The van der Waals surface area contributed by atoms with Crippen LogP contribution < -0.4 is 5.32 Å². The van der Waals surface area contributed by atoms with Crippen molar-refractivity contribution in [1.29, 1.82) is 0 Å². The monoisotopic (exact) mass is 432 g/mol. The number of aryl methyl sites for hydroxylation is 1. The number of aromatic nitrogens is 4. The molecule has 0 radical (unpaired) electrons. The van der Waals surface area contributed by atoms with E-state index in [1.54, 1.807) is 35.4 Å². The standard InChI is InChI=1S/C24H28N6O2/c1-16(20-15-27-29(3)17(20)2)28-23(31)19-7-8-21(26-14-19)18-9-12-30(13-10-18)24(32)22-6-4-5-11-25-22/h4-8,11,14-16,18H,9-10,12-13H2,1-3H3,(H,28,31)/t16-/m1/s1. The second kappa shape index (κ2) is 9.30. The van der Waals surface area contributed by atoms with Gasteiger partial charge in [-0.15, -0.1) is 0 Å². The molecule has 1 saturated heterocycles. The van der Waals surface area contributed by atoms with Crippen LogP contribution in [0.1, 0.15) is 69.5 Å². The second-order valence-electron chi connectivity index (χ2n) is 8.26. The summed E-state index contributed by atoms with van der Waals surface area (Å²) < 4.78 is 1.80. The van der Waals surface area contributed by atoms with Crippen LogP contribution in [0.3, 0.4) is 0 Å². The fourth-order valence-corrected chi connectivity index (χ4v) is 4.11. The topological polar surface area (TPSA) is 93.0 Å². The van der Waals surface area contributed by atoms with Crippen molar-refractivity contribution in [3.63, 3.8) is 0 Å². The number of nitrogens with zero attached hydrogens (tertiary/aromatic N) is 5. The third kappa shape index (κ3) is 4.54. The van der Waals surface area contributed by atoms with Crippen LogP contribution in [0.5, 0.6) is 0 Å². The van der Waals surface area contributed by atoms with Crippen LogP contribution in [0, 0.1) is 6.92 Å². The van der Waals surface area contributed by atoms with Gasteiger partial charge in [0, 0.05) is 55.4 Å². The lowest BCUT2D eigenvalue weighted by Crippen LogP contribution is -2.38. The normalized spacial score (nSPS) is 15.4.